The van der Waals surface area contributed by atoms with Gasteiger partial charge in [0.15, 0.2) is 0 Å². The average Bonchev–Trinajstić information content (AvgIpc) is 3.16. The van der Waals surface area contributed by atoms with E-state index in [1.807, 2.05) is 6.92 Å². The van der Waals surface area contributed by atoms with Gasteiger partial charge in [0, 0.05) is 18.7 Å². The number of nitrogens with zero attached hydrogens (tertiary/aromatic N) is 5. The fourth-order valence-electron chi connectivity index (χ4n) is 2.70. The molecule has 2 aromatic rings. The van der Waals surface area contributed by atoms with E-state index in [1.54, 1.807) is 29.2 Å². The number of hydrogen-bond acceptors (Lipinski definition) is 5. The van der Waals surface area contributed by atoms with Crippen molar-refractivity contribution >= 4 is 11.9 Å². The zero-order valence-electron chi connectivity index (χ0n) is 12.0. The van der Waals surface area contributed by atoms with Crippen LogP contribution >= 0.6 is 0 Å². The molecule has 0 radical (unpaired) electrons. The molecule has 1 N–H and O–H groups in total. The number of carboxylic acid groups (broad SMARTS) is 1. The van der Waals surface area contributed by atoms with Gasteiger partial charge in [-0.3, -0.25) is 9.59 Å². The van der Waals surface area contributed by atoms with E-state index in [9.17, 15) is 9.59 Å². The summed E-state index contributed by atoms with van der Waals surface area (Å²) in [6.07, 6.45) is 1.45. The number of rotatable bonds is 3. The van der Waals surface area contributed by atoms with Crippen LogP contribution in [0.4, 0.5) is 0 Å². The lowest BCUT2D eigenvalue weighted by molar-refractivity contribution is -0.142. The minimum absolute atomic E-state index is 0.0517. The summed E-state index contributed by atoms with van der Waals surface area (Å²) in [5, 5.41) is 20.1. The van der Waals surface area contributed by atoms with Gasteiger partial charge in [0.25, 0.3) is 5.91 Å². The van der Waals surface area contributed by atoms with E-state index in [1.165, 1.54) is 11.0 Å². The fourth-order valence-corrected chi connectivity index (χ4v) is 2.70. The SMILES string of the molecule is C[C@@H]1CN(C(=O)c2cccc(-n3cnnn3)c2)C[C@H]1C(=O)O. The Labute approximate surface area is 126 Å². The van der Waals surface area contributed by atoms with Gasteiger partial charge >= 0.3 is 5.97 Å². The minimum Gasteiger partial charge on any atom is -0.481 e. The first-order valence-electron chi connectivity index (χ1n) is 6.92. The molecule has 1 aromatic heterocycles. The van der Waals surface area contributed by atoms with E-state index >= 15 is 0 Å². The number of aromatic nitrogens is 4. The van der Waals surface area contributed by atoms with Gasteiger partial charge < -0.3 is 10.0 Å². The van der Waals surface area contributed by atoms with Crippen molar-refractivity contribution in [2.75, 3.05) is 13.1 Å². The van der Waals surface area contributed by atoms with Crippen LogP contribution in [0, 0.1) is 11.8 Å². The summed E-state index contributed by atoms with van der Waals surface area (Å²) in [6, 6.07) is 6.94. The summed E-state index contributed by atoms with van der Waals surface area (Å²) in [5.74, 6) is -1.59. The third-order valence-corrected chi connectivity index (χ3v) is 3.92. The van der Waals surface area contributed by atoms with Crippen LogP contribution in [0.2, 0.25) is 0 Å². The Morgan fingerprint density at radius 3 is 2.77 bits per heavy atom. The van der Waals surface area contributed by atoms with Crippen LogP contribution in [0.1, 0.15) is 17.3 Å². The van der Waals surface area contributed by atoms with Gasteiger partial charge in [-0.15, -0.1) is 5.10 Å². The molecule has 22 heavy (non-hydrogen) atoms. The lowest BCUT2D eigenvalue weighted by atomic mass is 9.99. The molecular formula is C14H15N5O3. The molecule has 2 heterocycles. The molecule has 0 aliphatic carbocycles. The van der Waals surface area contributed by atoms with Gasteiger partial charge in [-0.1, -0.05) is 13.0 Å². The average molecular weight is 301 g/mol. The van der Waals surface area contributed by atoms with E-state index in [0.29, 0.717) is 17.8 Å². The molecule has 0 unspecified atom stereocenters. The second kappa shape index (κ2) is 5.55. The molecule has 8 nitrogen and oxygen atoms in total. The van der Waals surface area contributed by atoms with Crippen LogP contribution < -0.4 is 0 Å². The Balaban J connectivity index is 1.81. The van der Waals surface area contributed by atoms with Gasteiger partial charge in [0.1, 0.15) is 6.33 Å². The number of hydrogen-bond donors (Lipinski definition) is 1. The van der Waals surface area contributed by atoms with E-state index < -0.39 is 11.9 Å². The van der Waals surface area contributed by atoms with Crippen molar-refractivity contribution in [1.29, 1.82) is 0 Å². The predicted molar refractivity (Wildman–Crippen MR) is 75.3 cm³/mol. The molecule has 8 heteroatoms. The largest absolute Gasteiger partial charge is 0.481 e. The monoisotopic (exact) mass is 301 g/mol. The normalized spacial score (nSPS) is 21.0. The molecule has 2 atom stereocenters. The molecule has 1 amide bonds. The molecule has 1 aliphatic heterocycles. The van der Waals surface area contributed by atoms with Gasteiger partial charge in [-0.25, -0.2) is 4.68 Å². The third-order valence-electron chi connectivity index (χ3n) is 3.92. The number of amides is 1. The Hall–Kier alpha value is -2.77. The number of benzene rings is 1. The molecule has 1 saturated heterocycles. The Morgan fingerprint density at radius 2 is 2.14 bits per heavy atom. The first-order chi connectivity index (χ1) is 10.6. The highest BCUT2D eigenvalue weighted by Gasteiger charge is 2.37. The number of tetrazole rings is 1. The van der Waals surface area contributed by atoms with Crippen LogP contribution in [-0.2, 0) is 4.79 Å². The minimum atomic E-state index is -0.856. The number of aliphatic carboxylic acids is 1. The quantitative estimate of drug-likeness (QED) is 0.883. The third kappa shape index (κ3) is 2.54. The van der Waals surface area contributed by atoms with Gasteiger partial charge in [0.2, 0.25) is 0 Å². The molecule has 0 bridgehead atoms. The lowest BCUT2D eigenvalue weighted by Gasteiger charge is -2.16. The van der Waals surface area contributed by atoms with Crippen molar-refractivity contribution in [1.82, 2.24) is 25.1 Å². The molecule has 1 aliphatic rings. The van der Waals surface area contributed by atoms with Crippen LogP contribution in [0.15, 0.2) is 30.6 Å². The maximum atomic E-state index is 12.6. The topological polar surface area (TPSA) is 101 Å². The smallest absolute Gasteiger partial charge is 0.308 e. The zero-order valence-corrected chi connectivity index (χ0v) is 12.0. The Kier molecular flexibility index (Phi) is 3.58. The molecule has 1 aromatic carbocycles. The van der Waals surface area contributed by atoms with E-state index in [-0.39, 0.29) is 18.4 Å². The fraction of sp³-hybridized carbons (Fsp3) is 0.357. The summed E-state index contributed by atoms with van der Waals surface area (Å²) in [4.78, 5) is 25.3. The van der Waals surface area contributed by atoms with Crippen molar-refractivity contribution in [2.24, 2.45) is 11.8 Å². The molecule has 0 saturated carbocycles. The molecule has 1 fully saturated rings. The number of carbonyl (C=O) groups excluding carboxylic acids is 1. The maximum Gasteiger partial charge on any atom is 0.308 e. The molecule has 3 rings (SSSR count). The van der Waals surface area contributed by atoms with Crippen molar-refractivity contribution in [3.63, 3.8) is 0 Å². The van der Waals surface area contributed by atoms with Crippen molar-refractivity contribution in [3.05, 3.63) is 36.2 Å². The summed E-state index contributed by atoms with van der Waals surface area (Å²) in [7, 11) is 0. The number of likely N-dealkylation sites (tertiary alicyclic amines) is 1. The first kappa shape index (κ1) is 14.2. The van der Waals surface area contributed by atoms with Gasteiger partial charge in [0.05, 0.1) is 11.6 Å². The van der Waals surface area contributed by atoms with Crippen molar-refractivity contribution in [2.45, 2.75) is 6.92 Å². The summed E-state index contributed by atoms with van der Waals surface area (Å²) in [6.45, 7) is 2.54. The zero-order chi connectivity index (χ0) is 15.7. The van der Waals surface area contributed by atoms with Crippen molar-refractivity contribution in [3.8, 4) is 5.69 Å². The second-order valence-corrected chi connectivity index (χ2v) is 5.44. The highest BCUT2D eigenvalue weighted by molar-refractivity contribution is 5.95. The molecule has 114 valence electrons. The Morgan fingerprint density at radius 1 is 1.32 bits per heavy atom. The van der Waals surface area contributed by atoms with Crippen LogP contribution in [-0.4, -0.2) is 55.2 Å². The second-order valence-electron chi connectivity index (χ2n) is 5.44. The Bertz CT molecular complexity index is 700. The van der Waals surface area contributed by atoms with Gasteiger partial charge in [-0.05, 0) is 34.5 Å². The highest BCUT2D eigenvalue weighted by atomic mass is 16.4. The van der Waals surface area contributed by atoms with Crippen LogP contribution in [0.3, 0.4) is 0 Å². The molecule has 0 spiro atoms. The maximum absolute atomic E-state index is 12.6. The number of carboxylic acids is 1. The standard InChI is InChI=1S/C14H15N5O3/c1-9-6-18(7-12(9)14(21)22)13(20)10-3-2-4-11(5-10)19-8-15-16-17-19/h2-5,8-9,12H,6-7H2,1H3,(H,21,22)/t9-,12-/m1/s1. The van der Waals surface area contributed by atoms with E-state index in [4.69, 9.17) is 5.11 Å². The molecular weight excluding hydrogens is 286 g/mol. The van der Waals surface area contributed by atoms with E-state index in [0.717, 1.165) is 0 Å². The first-order valence-corrected chi connectivity index (χ1v) is 6.92. The summed E-state index contributed by atoms with van der Waals surface area (Å²) in [5.41, 5.74) is 1.17. The highest BCUT2D eigenvalue weighted by Crippen LogP contribution is 2.25. The van der Waals surface area contributed by atoms with Crippen molar-refractivity contribution < 1.29 is 14.7 Å². The van der Waals surface area contributed by atoms with Crippen LogP contribution in [0.5, 0.6) is 0 Å². The summed E-state index contributed by atoms with van der Waals surface area (Å²) < 4.78 is 1.46. The number of carbonyl (C=O) groups is 2. The van der Waals surface area contributed by atoms with E-state index in [2.05, 4.69) is 15.5 Å². The van der Waals surface area contributed by atoms with Crippen LogP contribution in [0.25, 0.3) is 5.69 Å². The predicted octanol–water partition coefficient (Wildman–Crippen LogP) is 0.455. The summed E-state index contributed by atoms with van der Waals surface area (Å²) >= 11 is 0. The van der Waals surface area contributed by atoms with Gasteiger partial charge in [-0.2, -0.15) is 0 Å². The lowest BCUT2D eigenvalue weighted by Crippen LogP contribution is -2.30.